The van der Waals surface area contributed by atoms with Gasteiger partial charge in [-0.3, -0.25) is 0 Å². The number of alkyl halides is 2. The molecule has 1 N–H and O–H groups in total. The number of hydrogen-bond acceptors (Lipinski definition) is 2. The number of benzene rings is 1. The molecule has 2 aliphatic rings. The molecule has 2 nitrogen and oxygen atoms in total. The quantitative estimate of drug-likeness (QED) is 0.811. The van der Waals surface area contributed by atoms with Gasteiger partial charge in [-0.25, -0.2) is 0 Å². The lowest BCUT2D eigenvalue weighted by molar-refractivity contribution is -0.0498. The first-order chi connectivity index (χ1) is 9.61. The highest BCUT2D eigenvalue weighted by molar-refractivity contribution is 5.49. The fourth-order valence-electron chi connectivity index (χ4n) is 3.53. The predicted molar refractivity (Wildman–Crippen MR) is 75.0 cm³/mol. The maximum Gasteiger partial charge on any atom is 0.387 e. The minimum atomic E-state index is -2.78. The largest absolute Gasteiger partial charge is 0.435 e. The summed E-state index contributed by atoms with van der Waals surface area (Å²) in [5.74, 6) is 2.24. The van der Waals surface area contributed by atoms with Crippen LogP contribution >= 0.6 is 0 Å². The average molecular weight is 279 g/mol. The van der Waals surface area contributed by atoms with E-state index < -0.39 is 6.61 Å². The van der Waals surface area contributed by atoms with Crippen molar-refractivity contribution in [1.82, 2.24) is 0 Å². The fourth-order valence-corrected chi connectivity index (χ4v) is 3.53. The molecule has 2 aliphatic carbocycles. The van der Waals surface area contributed by atoms with Gasteiger partial charge in [-0.15, -0.1) is 0 Å². The molecule has 0 heterocycles. The Labute approximate surface area is 117 Å². The molecule has 1 aromatic carbocycles. The summed E-state index contributed by atoms with van der Waals surface area (Å²) >= 11 is 0. The maximum absolute atomic E-state index is 12.2. The van der Waals surface area contributed by atoms with E-state index in [9.17, 15) is 8.78 Å². The van der Waals surface area contributed by atoms with E-state index in [0.717, 1.165) is 11.6 Å². The topological polar surface area (TPSA) is 21.3 Å². The van der Waals surface area contributed by atoms with Crippen molar-refractivity contribution in [2.24, 2.45) is 17.8 Å². The van der Waals surface area contributed by atoms with Crippen molar-refractivity contribution in [2.45, 2.75) is 32.4 Å². The van der Waals surface area contributed by atoms with E-state index in [4.69, 9.17) is 0 Å². The summed E-state index contributed by atoms with van der Waals surface area (Å²) in [5, 5.41) is 3.42. The number of nitrogens with one attached hydrogen (secondary N) is 1. The Morgan fingerprint density at radius 2 is 2.10 bits per heavy atom. The molecule has 2 bridgehead atoms. The zero-order valence-electron chi connectivity index (χ0n) is 11.4. The van der Waals surface area contributed by atoms with E-state index >= 15 is 0 Å². The molecule has 1 aromatic rings. The van der Waals surface area contributed by atoms with Crippen LogP contribution in [0, 0.1) is 17.8 Å². The van der Waals surface area contributed by atoms with Crippen LogP contribution in [0.3, 0.4) is 0 Å². The van der Waals surface area contributed by atoms with Crippen LogP contribution in [0.1, 0.15) is 19.8 Å². The highest BCUT2D eigenvalue weighted by Gasteiger charge is 2.38. The lowest BCUT2D eigenvalue weighted by Gasteiger charge is -2.27. The number of fused-ring (bicyclic) bond motifs is 2. The summed E-state index contributed by atoms with van der Waals surface area (Å²) in [6.07, 6.45) is 7.14. The lowest BCUT2D eigenvalue weighted by Crippen LogP contribution is -2.28. The Morgan fingerprint density at radius 1 is 1.25 bits per heavy atom. The Morgan fingerprint density at radius 3 is 2.75 bits per heavy atom. The van der Waals surface area contributed by atoms with E-state index in [2.05, 4.69) is 29.1 Å². The van der Waals surface area contributed by atoms with Crippen LogP contribution in [-0.2, 0) is 0 Å². The number of allylic oxidation sites excluding steroid dienone is 2. The predicted octanol–water partition coefficient (Wildman–Crippen LogP) is 4.30. The summed E-state index contributed by atoms with van der Waals surface area (Å²) in [4.78, 5) is 0. The van der Waals surface area contributed by atoms with Crippen LogP contribution in [0.5, 0.6) is 5.75 Å². The zero-order chi connectivity index (χ0) is 14.1. The zero-order valence-corrected chi connectivity index (χ0v) is 11.4. The number of rotatable bonds is 5. The molecule has 0 radical (unpaired) electrons. The van der Waals surface area contributed by atoms with Gasteiger partial charge in [0.1, 0.15) is 5.75 Å². The van der Waals surface area contributed by atoms with Gasteiger partial charge in [0.15, 0.2) is 0 Å². The fraction of sp³-hybridized carbons (Fsp3) is 0.500. The van der Waals surface area contributed by atoms with Gasteiger partial charge in [0.2, 0.25) is 0 Å². The van der Waals surface area contributed by atoms with Crippen LogP contribution in [0.25, 0.3) is 0 Å². The first kappa shape index (κ1) is 13.4. The molecule has 4 atom stereocenters. The standard InChI is InChI=1S/C16H19F2NO/c1-10(15-8-11-5-6-12(15)7-11)19-13-3-2-4-14(9-13)20-16(17)18/h2-6,9-12,15-16,19H,7-8H2,1H3. The van der Waals surface area contributed by atoms with E-state index in [1.165, 1.54) is 12.8 Å². The lowest BCUT2D eigenvalue weighted by atomic mass is 9.87. The van der Waals surface area contributed by atoms with Crippen molar-refractivity contribution >= 4 is 5.69 Å². The third-order valence-corrected chi connectivity index (χ3v) is 4.43. The second-order valence-corrected chi connectivity index (χ2v) is 5.78. The molecule has 108 valence electrons. The summed E-state index contributed by atoms with van der Waals surface area (Å²) in [5.41, 5.74) is 0.836. The number of ether oxygens (including phenoxy) is 1. The van der Waals surface area contributed by atoms with Gasteiger partial charge < -0.3 is 10.1 Å². The summed E-state index contributed by atoms with van der Waals surface area (Å²) in [7, 11) is 0. The molecule has 4 heteroatoms. The van der Waals surface area contributed by atoms with E-state index in [1.54, 1.807) is 18.2 Å². The highest BCUT2D eigenvalue weighted by atomic mass is 19.3. The Bertz CT molecular complexity index is 503. The number of hydrogen-bond donors (Lipinski definition) is 1. The summed E-state index contributed by atoms with van der Waals surface area (Å²) in [6, 6.07) is 7.12. The van der Waals surface area contributed by atoms with Crippen molar-refractivity contribution in [1.29, 1.82) is 0 Å². The van der Waals surface area contributed by atoms with Crippen LogP contribution in [0.15, 0.2) is 36.4 Å². The van der Waals surface area contributed by atoms with Crippen molar-refractivity contribution in [2.75, 3.05) is 5.32 Å². The first-order valence-corrected chi connectivity index (χ1v) is 7.11. The summed E-state index contributed by atoms with van der Waals surface area (Å²) < 4.78 is 28.9. The molecule has 20 heavy (non-hydrogen) atoms. The second-order valence-electron chi connectivity index (χ2n) is 5.78. The van der Waals surface area contributed by atoms with Gasteiger partial charge in [0, 0.05) is 17.8 Å². The molecular weight excluding hydrogens is 260 g/mol. The van der Waals surface area contributed by atoms with Gasteiger partial charge >= 0.3 is 6.61 Å². The average Bonchev–Trinajstić information content (AvgIpc) is 3.00. The molecule has 4 unspecified atom stereocenters. The van der Waals surface area contributed by atoms with Crippen LogP contribution in [0.4, 0.5) is 14.5 Å². The molecule has 0 aliphatic heterocycles. The van der Waals surface area contributed by atoms with E-state index in [1.807, 2.05) is 6.07 Å². The van der Waals surface area contributed by atoms with Crippen LogP contribution < -0.4 is 10.1 Å². The minimum absolute atomic E-state index is 0.199. The smallest absolute Gasteiger partial charge is 0.387 e. The van der Waals surface area contributed by atoms with Crippen molar-refractivity contribution in [3.63, 3.8) is 0 Å². The third-order valence-electron chi connectivity index (χ3n) is 4.43. The van der Waals surface area contributed by atoms with Gasteiger partial charge in [0.25, 0.3) is 0 Å². The molecule has 1 saturated carbocycles. The van der Waals surface area contributed by atoms with Crippen molar-refractivity contribution in [3.8, 4) is 5.75 Å². The number of halogens is 2. The normalized spacial score (nSPS) is 28.9. The SMILES string of the molecule is CC(Nc1cccc(OC(F)F)c1)C1CC2C=CC1C2. The molecule has 3 rings (SSSR count). The Hall–Kier alpha value is -1.58. The second kappa shape index (κ2) is 5.43. The number of anilines is 1. The molecular formula is C16H19F2NO. The monoisotopic (exact) mass is 279 g/mol. The van der Waals surface area contributed by atoms with Crippen molar-refractivity contribution in [3.05, 3.63) is 36.4 Å². The molecule has 0 saturated heterocycles. The van der Waals surface area contributed by atoms with Gasteiger partial charge in [0.05, 0.1) is 0 Å². The third kappa shape index (κ3) is 2.79. The Kier molecular flexibility index (Phi) is 3.64. The minimum Gasteiger partial charge on any atom is -0.435 e. The highest BCUT2D eigenvalue weighted by Crippen LogP contribution is 2.45. The first-order valence-electron chi connectivity index (χ1n) is 7.11. The van der Waals surface area contributed by atoms with E-state index in [0.29, 0.717) is 17.9 Å². The van der Waals surface area contributed by atoms with Crippen molar-refractivity contribution < 1.29 is 13.5 Å². The Balaban J connectivity index is 1.64. The van der Waals surface area contributed by atoms with E-state index in [-0.39, 0.29) is 5.75 Å². The van der Waals surface area contributed by atoms with Gasteiger partial charge in [-0.2, -0.15) is 8.78 Å². The molecule has 0 spiro atoms. The van der Waals surface area contributed by atoms with Crippen LogP contribution in [-0.4, -0.2) is 12.7 Å². The molecule has 1 fully saturated rings. The van der Waals surface area contributed by atoms with Gasteiger partial charge in [-0.1, -0.05) is 18.2 Å². The van der Waals surface area contributed by atoms with Gasteiger partial charge in [-0.05, 0) is 49.7 Å². The summed E-state index contributed by atoms with van der Waals surface area (Å²) in [6.45, 7) is -0.613. The maximum atomic E-state index is 12.2. The molecule has 0 aromatic heterocycles. The van der Waals surface area contributed by atoms with Crippen LogP contribution in [0.2, 0.25) is 0 Å². The molecule has 0 amide bonds.